The third-order valence-electron chi connectivity index (χ3n) is 3.85. The van der Waals surface area contributed by atoms with Gasteiger partial charge in [0.2, 0.25) is 0 Å². The summed E-state index contributed by atoms with van der Waals surface area (Å²) in [5.41, 5.74) is 1.12. The molecule has 0 aliphatic rings. The van der Waals surface area contributed by atoms with Gasteiger partial charge in [0.05, 0.1) is 20.9 Å². The van der Waals surface area contributed by atoms with Crippen molar-refractivity contribution in [1.82, 2.24) is 0 Å². The van der Waals surface area contributed by atoms with Crippen molar-refractivity contribution in [1.29, 1.82) is 0 Å². The second-order valence-electron chi connectivity index (χ2n) is 5.86. The first-order valence-corrected chi connectivity index (χ1v) is 10.9. The number of carbonyl (C=O) groups is 2. The zero-order chi connectivity index (χ0) is 19.4. The molecule has 3 aromatic rings. The van der Waals surface area contributed by atoms with Crippen LogP contribution in [0.4, 0.5) is 0 Å². The van der Waals surface area contributed by atoms with E-state index in [-0.39, 0.29) is 11.3 Å². The first kappa shape index (κ1) is 19.0. The van der Waals surface area contributed by atoms with Crippen LogP contribution in [0.15, 0.2) is 74.6 Å². The van der Waals surface area contributed by atoms with Crippen molar-refractivity contribution >= 4 is 32.9 Å². The van der Waals surface area contributed by atoms with Crippen LogP contribution in [0.5, 0.6) is 5.75 Å². The van der Waals surface area contributed by atoms with E-state index in [1.807, 2.05) is 0 Å². The van der Waals surface area contributed by atoms with Crippen molar-refractivity contribution in [2.45, 2.75) is 11.8 Å². The number of hydrogen-bond donors (Lipinski definition) is 0. The maximum atomic E-state index is 12.9. The monoisotopic (exact) mass is 399 g/mol. The van der Waals surface area contributed by atoms with E-state index < -0.39 is 21.6 Å². The van der Waals surface area contributed by atoms with Gasteiger partial charge in [0, 0.05) is 16.5 Å². The van der Waals surface area contributed by atoms with Gasteiger partial charge in [-0.25, -0.2) is 9.00 Å². The molecule has 0 saturated carbocycles. The third-order valence-corrected chi connectivity index (χ3v) is 6.19. The number of carbonyl (C=O) groups excluding carboxylic acids is 2. The molecule has 1 amide bonds. The summed E-state index contributed by atoms with van der Waals surface area (Å²) in [4.78, 5) is 25.5. The van der Waals surface area contributed by atoms with Crippen LogP contribution in [-0.2, 0) is 9.73 Å². The molecule has 138 valence electrons. The fraction of sp³-hybridized carbons (Fsp3) is 0.100. The van der Waals surface area contributed by atoms with E-state index in [0.29, 0.717) is 16.0 Å². The van der Waals surface area contributed by atoms with E-state index in [1.54, 1.807) is 66.2 Å². The lowest BCUT2D eigenvalue weighted by molar-refractivity contribution is 0.0733. The molecule has 0 aliphatic heterocycles. The second kappa shape index (κ2) is 7.85. The SMILES string of the molecule is Cc1cccc(OC(=O)c2ccsc2)c1C(=O)N=S(C)(=O)c1ccccc1. The number of nitrogens with zero attached hydrogens (tertiary/aromatic N) is 1. The number of ether oxygens (including phenoxy) is 1. The van der Waals surface area contributed by atoms with Gasteiger partial charge in [-0.3, -0.25) is 4.79 Å². The van der Waals surface area contributed by atoms with Gasteiger partial charge in [0.15, 0.2) is 0 Å². The quantitative estimate of drug-likeness (QED) is 0.476. The minimum absolute atomic E-state index is 0.100. The molecule has 0 spiro atoms. The van der Waals surface area contributed by atoms with E-state index in [0.717, 1.165) is 0 Å². The Morgan fingerprint density at radius 3 is 2.44 bits per heavy atom. The summed E-state index contributed by atoms with van der Waals surface area (Å²) in [7, 11) is -2.93. The maximum Gasteiger partial charge on any atom is 0.344 e. The number of aryl methyl sites for hydroxylation is 1. The lowest BCUT2D eigenvalue weighted by Crippen LogP contribution is -2.12. The first-order chi connectivity index (χ1) is 12.9. The maximum absolute atomic E-state index is 12.9. The Balaban J connectivity index is 1.99. The van der Waals surface area contributed by atoms with Crippen LogP contribution >= 0.6 is 11.3 Å². The highest BCUT2D eigenvalue weighted by Crippen LogP contribution is 2.25. The Labute approximate surface area is 161 Å². The minimum atomic E-state index is -2.93. The number of amides is 1. The zero-order valence-electron chi connectivity index (χ0n) is 14.7. The molecule has 3 rings (SSSR count). The van der Waals surface area contributed by atoms with Crippen molar-refractivity contribution < 1.29 is 18.5 Å². The van der Waals surface area contributed by atoms with Gasteiger partial charge in [0.25, 0.3) is 5.91 Å². The molecule has 27 heavy (non-hydrogen) atoms. The summed E-state index contributed by atoms with van der Waals surface area (Å²) in [5.74, 6) is -1.14. The molecule has 1 unspecified atom stereocenters. The molecule has 1 heterocycles. The summed E-state index contributed by atoms with van der Waals surface area (Å²) >= 11 is 1.37. The van der Waals surface area contributed by atoms with Crippen LogP contribution in [0.25, 0.3) is 0 Å². The lowest BCUT2D eigenvalue weighted by Gasteiger charge is -2.10. The largest absolute Gasteiger partial charge is 0.422 e. The van der Waals surface area contributed by atoms with Crippen molar-refractivity contribution in [2.75, 3.05) is 6.26 Å². The second-order valence-corrected chi connectivity index (χ2v) is 8.90. The highest BCUT2D eigenvalue weighted by molar-refractivity contribution is 7.93. The molecule has 0 saturated heterocycles. The summed E-state index contributed by atoms with van der Waals surface area (Å²) in [6.07, 6.45) is 1.41. The van der Waals surface area contributed by atoms with Crippen LogP contribution in [0.3, 0.4) is 0 Å². The average molecular weight is 399 g/mol. The molecule has 0 N–H and O–H groups in total. The Kier molecular flexibility index (Phi) is 5.53. The standard InChI is InChI=1S/C20H17NO4S2/c1-14-7-6-10-17(25-20(23)15-11-12-26-13-15)18(14)19(22)21-27(2,24)16-8-4-3-5-9-16/h3-13H,1-2H3. The van der Waals surface area contributed by atoms with Gasteiger partial charge in [-0.1, -0.05) is 30.3 Å². The van der Waals surface area contributed by atoms with Crippen LogP contribution in [0.2, 0.25) is 0 Å². The van der Waals surface area contributed by atoms with Crippen molar-refractivity contribution in [3.8, 4) is 5.75 Å². The van der Waals surface area contributed by atoms with Gasteiger partial charge in [-0.2, -0.15) is 15.7 Å². The summed E-state index contributed by atoms with van der Waals surface area (Å²) in [6.45, 7) is 1.71. The molecular weight excluding hydrogens is 382 g/mol. The normalized spacial score (nSPS) is 12.8. The molecular formula is C20H17NO4S2. The Morgan fingerprint density at radius 1 is 1.04 bits per heavy atom. The smallest absolute Gasteiger partial charge is 0.344 e. The molecule has 0 bridgehead atoms. The van der Waals surface area contributed by atoms with E-state index in [1.165, 1.54) is 23.7 Å². The van der Waals surface area contributed by atoms with Gasteiger partial charge in [-0.05, 0) is 42.1 Å². The van der Waals surface area contributed by atoms with Crippen LogP contribution in [0, 0.1) is 6.92 Å². The summed E-state index contributed by atoms with van der Waals surface area (Å²) in [5, 5.41) is 3.43. The van der Waals surface area contributed by atoms with Gasteiger partial charge in [-0.15, -0.1) is 0 Å². The fourth-order valence-corrected chi connectivity index (χ4v) is 4.27. The molecule has 5 nitrogen and oxygen atoms in total. The van der Waals surface area contributed by atoms with Crippen LogP contribution in [0.1, 0.15) is 26.3 Å². The number of esters is 1. The predicted molar refractivity (Wildman–Crippen MR) is 106 cm³/mol. The number of thiophene rings is 1. The zero-order valence-corrected chi connectivity index (χ0v) is 16.4. The highest BCUT2D eigenvalue weighted by Gasteiger charge is 2.20. The fourth-order valence-electron chi connectivity index (χ4n) is 2.47. The third kappa shape index (κ3) is 4.32. The lowest BCUT2D eigenvalue weighted by atomic mass is 10.1. The Bertz CT molecular complexity index is 1100. The van der Waals surface area contributed by atoms with E-state index in [4.69, 9.17) is 4.74 Å². The number of benzene rings is 2. The molecule has 0 fully saturated rings. The molecule has 1 atom stereocenters. The Hall–Kier alpha value is -2.77. The average Bonchev–Trinajstić information content (AvgIpc) is 3.17. The highest BCUT2D eigenvalue weighted by atomic mass is 32.2. The van der Waals surface area contributed by atoms with Gasteiger partial charge < -0.3 is 4.74 Å². The molecule has 2 aromatic carbocycles. The van der Waals surface area contributed by atoms with Crippen molar-refractivity contribution in [2.24, 2.45) is 4.36 Å². The number of hydrogen-bond acceptors (Lipinski definition) is 5. The molecule has 0 radical (unpaired) electrons. The van der Waals surface area contributed by atoms with E-state index in [2.05, 4.69) is 4.36 Å². The van der Waals surface area contributed by atoms with Gasteiger partial charge >= 0.3 is 5.97 Å². The predicted octanol–water partition coefficient (Wildman–Crippen LogP) is 4.57. The first-order valence-electron chi connectivity index (χ1n) is 8.04. The van der Waals surface area contributed by atoms with Crippen molar-refractivity contribution in [3.63, 3.8) is 0 Å². The van der Waals surface area contributed by atoms with E-state index >= 15 is 0 Å². The number of rotatable bonds is 4. The molecule has 0 aliphatic carbocycles. The Morgan fingerprint density at radius 2 is 1.78 bits per heavy atom. The summed E-state index contributed by atoms with van der Waals surface area (Å²) in [6, 6.07) is 15.2. The minimum Gasteiger partial charge on any atom is -0.422 e. The van der Waals surface area contributed by atoms with Gasteiger partial charge in [0.1, 0.15) is 5.75 Å². The van der Waals surface area contributed by atoms with Crippen LogP contribution in [-0.4, -0.2) is 22.3 Å². The van der Waals surface area contributed by atoms with Crippen molar-refractivity contribution in [3.05, 3.63) is 82.0 Å². The summed E-state index contributed by atoms with van der Waals surface area (Å²) < 4.78 is 22.3. The van der Waals surface area contributed by atoms with E-state index in [9.17, 15) is 13.8 Å². The van der Waals surface area contributed by atoms with Crippen LogP contribution < -0.4 is 4.74 Å². The topological polar surface area (TPSA) is 72.8 Å². The molecule has 1 aromatic heterocycles. The molecule has 7 heteroatoms.